The maximum Gasteiger partial charge on any atom is 0.0498 e. The molecule has 1 aliphatic carbocycles. The van der Waals surface area contributed by atoms with Gasteiger partial charge in [0.1, 0.15) is 0 Å². The van der Waals surface area contributed by atoms with Gasteiger partial charge in [-0.15, -0.1) is 0 Å². The zero-order valence-corrected chi connectivity index (χ0v) is 16.8. The van der Waals surface area contributed by atoms with E-state index in [4.69, 9.17) is 0 Å². The average molecular weight is 383 g/mol. The van der Waals surface area contributed by atoms with E-state index in [-0.39, 0.29) is 5.41 Å². The SMILES string of the molecule is c1ccc(C2(c3ccc4ccccc4c3)Cc3ccccc3-c3ccccc32)cc1. The van der Waals surface area contributed by atoms with Crippen LogP contribution < -0.4 is 0 Å². The molecule has 0 saturated heterocycles. The van der Waals surface area contributed by atoms with Gasteiger partial charge < -0.3 is 0 Å². The van der Waals surface area contributed by atoms with Gasteiger partial charge in [0, 0.05) is 5.41 Å². The Balaban J connectivity index is 1.72. The topological polar surface area (TPSA) is 0 Å². The highest BCUT2D eigenvalue weighted by Crippen LogP contribution is 2.50. The van der Waals surface area contributed by atoms with E-state index in [1.54, 1.807) is 0 Å². The fourth-order valence-electron chi connectivity index (χ4n) is 5.27. The van der Waals surface area contributed by atoms with Crippen LogP contribution in [0.25, 0.3) is 21.9 Å². The summed E-state index contributed by atoms with van der Waals surface area (Å²) < 4.78 is 0. The van der Waals surface area contributed by atoms with Crippen molar-refractivity contribution < 1.29 is 0 Å². The van der Waals surface area contributed by atoms with Crippen LogP contribution >= 0.6 is 0 Å². The average Bonchev–Trinajstić information content (AvgIpc) is 2.84. The molecule has 0 aliphatic heterocycles. The maximum atomic E-state index is 2.40. The highest BCUT2D eigenvalue weighted by atomic mass is 14.4. The molecule has 0 bridgehead atoms. The standard InChI is InChI=1S/C30H22/c1-2-13-25(14-3-1)30(26-19-18-22-10-4-5-11-23(22)20-26)21-24-12-6-7-15-27(24)28-16-8-9-17-29(28)30/h1-20H,21H2. The second kappa shape index (κ2) is 6.71. The number of rotatable bonds is 2. The Morgan fingerprint density at radius 3 is 2.00 bits per heavy atom. The summed E-state index contributed by atoms with van der Waals surface area (Å²) >= 11 is 0. The van der Waals surface area contributed by atoms with Gasteiger partial charge in [-0.3, -0.25) is 0 Å². The Morgan fingerprint density at radius 1 is 0.467 bits per heavy atom. The van der Waals surface area contributed by atoms with Crippen LogP contribution in [-0.4, -0.2) is 0 Å². The van der Waals surface area contributed by atoms with E-state index in [1.807, 2.05) is 0 Å². The lowest BCUT2D eigenvalue weighted by Gasteiger charge is -2.41. The van der Waals surface area contributed by atoms with E-state index < -0.39 is 0 Å². The smallest absolute Gasteiger partial charge is 0.0498 e. The lowest BCUT2D eigenvalue weighted by molar-refractivity contribution is 0.607. The molecule has 0 saturated carbocycles. The fraction of sp³-hybridized carbons (Fsp3) is 0.0667. The van der Waals surface area contributed by atoms with Crippen LogP contribution in [0.2, 0.25) is 0 Å². The molecule has 0 radical (unpaired) electrons. The van der Waals surface area contributed by atoms with Crippen LogP contribution in [0.1, 0.15) is 22.3 Å². The van der Waals surface area contributed by atoms with Gasteiger partial charge in [-0.1, -0.05) is 115 Å². The van der Waals surface area contributed by atoms with Crippen LogP contribution in [0.4, 0.5) is 0 Å². The Kier molecular flexibility index (Phi) is 3.86. The first-order valence-electron chi connectivity index (χ1n) is 10.6. The monoisotopic (exact) mass is 382 g/mol. The molecule has 0 spiro atoms. The van der Waals surface area contributed by atoms with Crippen LogP contribution in [0.5, 0.6) is 0 Å². The first kappa shape index (κ1) is 17.2. The molecule has 6 rings (SSSR count). The third-order valence-electron chi connectivity index (χ3n) is 6.66. The van der Waals surface area contributed by atoms with Gasteiger partial charge >= 0.3 is 0 Å². The van der Waals surface area contributed by atoms with Crippen molar-refractivity contribution in [3.63, 3.8) is 0 Å². The van der Waals surface area contributed by atoms with Gasteiger partial charge in [0.25, 0.3) is 0 Å². The minimum atomic E-state index is -0.212. The van der Waals surface area contributed by atoms with Crippen molar-refractivity contribution in [3.8, 4) is 11.1 Å². The van der Waals surface area contributed by atoms with Crippen molar-refractivity contribution in [3.05, 3.63) is 144 Å². The third kappa shape index (κ3) is 2.47. The van der Waals surface area contributed by atoms with Gasteiger partial charge in [0.15, 0.2) is 0 Å². The van der Waals surface area contributed by atoms with Crippen molar-refractivity contribution in [2.45, 2.75) is 11.8 Å². The molecular formula is C30H22. The molecule has 0 fully saturated rings. The number of fused-ring (bicyclic) bond motifs is 4. The summed E-state index contributed by atoms with van der Waals surface area (Å²) in [7, 11) is 0. The molecule has 0 amide bonds. The molecule has 0 heterocycles. The zero-order valence-electron chi connectivity index (χ0n) is 16.8. The molecule has 0 N–H and O–H groups in total. The normalized spacial score (nSPS) is 17.3. The van der Waals surface area contributed by atoms with Crippen LogP contribution in [0.3, 0.4) is 0 Å². The first-order valence-corrected chi connectivity index (χ1v) is 10.6. The van der Waals surface area contributed by atoms with E-state index in [0.717, 1.165) is 6.42 Å². The summed E-state index contributed by atoms with van der Waals surface area (Å²) in [6.07, 6.45) is 0.961. The van der Waals surface area contributed by atoms with Crippen LogP contribution in [0.15, 0.2) is 121 Å². The third-order valence-corrected chi connectivity index (χ3v) is 6.66. The van der Waals surface area contributed by atoms with Gasteiger partial charge in [0.2, 0.25) is 0 Å². The quantitative estimate of drug-likeness (QED) is 0.298. The highest BCUT2D eigenvalue weighted by Gasteiger charge is 2.41. The number of hydrogen-bond acceptors (Lipinski definition) is 0. The van der Waals surface area contributed by atoms with Crippen molar-refractivity contribution in [1.29, 1.82) is 0 Å². The Labute approximate surface area is 177 Å². The van der Waals surface area contributed by atoms with Crippen LogP contribution in [0, 0.1) is 0 Å². The van der Waals surface area contributed by atoms with E-state index in [9.17, 15) is 0 Å². The Hall–Kier alpha value is -3.64. The molecule has 1 aliphatic rings. The predicted octanol–water partition coefficient (Wildman–Crippen LogP) is 7.40. The molecule has 30 heavy (non-hydrogen) atoms. The lowest BCUT2D eigenvalue weighted by atomic mass is 9.61. The van der Waals surface area contributed by atoms with Gasteiger partial charge in [-0.25, -0.2) is 0 Å². The van der Waals surface area contributed by atoms with E-state index in [1.165, 1.54) is 44.2 Å². The largest absolute Gasteiger partial charge is 0.0622 e. The summed E-state index contributed by atoms with van der Waals surface area (Å²) in [4.78, 5) is 0. The molecule has 5 aromatic rings. The summed E-state index contributed by atoms with van der Waals surface area (Å²) in [5.74, 6) is 0. The molecule has 5 aromatic carbocycles. The maximum absolute atomic E-state index is 2.40. The van der Waals surface area contributed by atoms with Crippen molar-refractivity contribution in [1.82, 2.24) is 0 Å². The predicted molar refractivity (Wildman–Crippen MR) is 126 cm³/mol. The number of benzene rings is 5. The fourth-order valence-corrected chi connectivity index (χ4v) is 5.27. The number of hydrogen-bond donors (Lipinski definition) is 0. The minimum absolute atomic E-state index is 0.212. The molecule has 0 aromatic heterocycles. The Bertz CT molecular complexity index is 1360. The second-order valence-corrected chi connectivity index (χ2v) is 8.21. The minimum Gasteiger partial charge on any atom is -0.0622 e. The zero-order chi connectivity index (χ0) is 20.0. The molecule has 0 nitrogen and oxygen atoms in total. The Morgan fingerprint density at radius 2 is 1.13 bits per heavy atom. The summed E-state index contributed by atoms with van der Waals surface area (Å²) in [5, 5.41) is 2.58. The summed E-state index contributed by atoms with van der Waals surface area (Å²) in [5.41, 5.74) is 8.00. The van der Waals surface area contributed by atoms with E-state index in [2.05, 4.69) is 121 Å². The summed E-state index contributed by atoms with van der Waals surface area (Å²) in [6.45, 7) is 0. The molecule has 1 atom stereocenters. The summed E-state index contributed by atoms with van der Waals surface area (Å²) in [6, 6.07) is 44.5. The van der Waals surface area contributed by atoms with Crippen LogP contribution in [-0.2, 0) is 11.8 Å². The molecule has 142 valence electrons. The van der Waals surface area contributed by atoms with E-state index in [0.29, 0.717) is 0 Å². The second-order valence-electron chi connectivity index (χ2n) is 8.21. The molecule has 1 unspecified atom stereocenters. The molecule has 0 heteroatoms. The van der Waals surface area contributed by atoms with Gasteiger partial charge in [0.05, 0.1) is 0 Å². The van der Waals surface area contributed by atoms with Gasteiger partial charge in [-0.2, -0.15) is 0 Å². The highest BCUT2D eigenvalue weighted by molar-refractivity contribution is 5.85. The van der Waals surface area contributed by atoms with E-state index >= 15 is 0 Å². The lowest BCUT2D eigenvalue weighted by Crippen LogP contribution is -2.35. The first-order chi connectivity index (χ1) is 14.9. The molecular weight excluding hydrogens is 360 g/mol. The van der Waals surface area contributed by atoms with Gasteiger partial charge in [-0.05, 0) is 56.6 Å². The van der Waals surface area contributed by atoms with Crippen molar-refractivity contribution in [2.24, 2.45) is 0 Å². The van der Waals surface area contributed by atoms with Crippen molar-refractivity contribution >= 4 is 10.8 Å². The van der Waals surface area contributed by atoms with Crippen molar-refractivity contribution in [2.75, 3.05) is 0 Å².